The molecule has 2 aromatic carbocycles. The van der Waals surface area contributed by atoms with E-state index in [1.807, 2.05) is 0 Å². The molecule has 4 rings (SSSR count). The highest BCUT2D eigenvalue weighted by Crippen LogP contribution is 2.37. The maximum Gasteiger partial charge on any atom is 0.258 e. The maximum absolute atomic E-state index is 5.84. The number of benzene rings is 2. The Balaban J connectivity index is 1.76. The third-order valence-electron chi connectivity index (χ3n) is 6.33. The Morgan fingerprint density at radius 1 is 0.970 bits per heavy atom. The van der Waals surface area contributed by atoms with Crippen LogP contribution in [0.2, 0.25) is 0 Å². The molecule has 0 bridgehead atoms. The second-order valence-electron chi connectivity index (χ2n) is 8.46. The van der Waals surface area contributed by atoms with E-state index in [9.17, 15) is 0 Å². The minimum atomic E-state index is -0.142. The molecule has 1 aliphatic heterocycles. The molecule has 3 aromatic rings. The van der Waals surface area contributed by atoms with Crippen LogP contribution in [-0.2, 0) is 12.8 Å². The predicted molar refractivity (Wildman–Crippen MR) is 138 cm³/mol. The van der Waals surface area contributed by atoms with Crippen molar-refractivity contribution in [1.82, 2.24) is 20.4 Å². The Kier molecular flexibility index (Phi) is 7.23. The Morgan fingerprint density at radius 3 is 2.21 bits per heavy atom. The van der Waals surface area contributed by atoms with Crippen LogP contribution in [0.1, 0.15) is 69.2 Å². The van der Waals surface area contributed by atoms with Gasteiger partial charge in [0, 0.05) is 17.8 Å². The van der Waals surface area contributed by atoms with E-state index < -0.39 is 0 Å². The molecule has 0 amide bonds. The molecule has 0 fully saturated rings. The van der Waals surface area contributed by atoms with Crippen LogP contribution in [-0.4, -0.2) is 26.7 Å². The monoisotopic (exact) mass is 460 g/mol. The van der Waals surface area contributed by atoms with Crippen molar-refractivity contribution >= 4 is 22.9 Å². The second kappa shape index (κ2) is 10.3. The maximum atomic E-state index is 5.84. The fourth-order valence-corrected chi connectivity index (χ4v) is 4.53. The number of hydrogen-bond acceptors (Lipinski definition) is 4. The lowest BCUT2D eigenvalue weighted by Gasteiger charge is -2.37. The molecule has 1 atom stereocenters. The highest BCUT2D eigenvalue weighted by Gasteiger charge is 2.33. The van der Waals surface area contributed by atoms with Crippen LogP contribution in [0, 0.1) is 0 Å². The van der Waals surface area contributed by atoms with E-state index in [1.165, 1.54) is 11.1 Å². The molecule has 33 heavy (non-hydrogen) atoms. The molecular weight excluding hydrogens is 428 g/mol. The van der Waals surface area contributed by atoms with Crippen LogP contribution in [0.5, 0.6) is 0 Å². The molecule has 1 aromatic heterocycles. The lowest BCUT2D eigenvalue weighted by Crippen LogP contribution is -2.46. The number of hydrogen-bond donors (Lipinski definition) is 1. The summed E-state index contributed by atoms with van der Waals surface area (Å²) in [6.45, 7) is 9.46. The van der Waals surface area contributed by atoms with Gasteiger partial charge in [-0.2, -0.15) is 4.98 Å². The van der Waals surface area contributed by atoms with Crippen molar-refractivity contribution in [3.8, 4) is 11.4 Å². The second-order valence-corrected chi connectivity index (χ2v) is 8.84. The zero-order chi connectivity index (χ0) is 23.4. The average Bonchev–Trinajstić information content (AvgIpc) is 3.33. The van der Waals surface area contributed by atoms with Gasteiger partial charge in [0.15, 0.2) is 5.11 Å². The summed E-state index contributed by atoms with van der Waals surface area (Å²) < 4.78 is 5.84. The lowest BCUT2D eigenvalue weighted by atomic mass is 9.93. The van der Waals surface area contributed by atoms with Crippen LogP contribution in [0.25, 0.3) is 17.0 Å². The molecule has 0 radical (unpaired) electrons. The highest BCUT2D eigenvalue weighted by atomic mass is 32.1. The van der Waals surface area contributed by atoms with Crippen LogP contribution >= 0.6 is 12.2 Å². The average molecular weight is 461 g/mol. The normalized spacial score (nSPS) is 16.3. The fraction of sp³-hybridized carbons (Fsp3) is 0.370. The number of aromatic nitrogens is 2. The smallest absolute Gasteiger partial charge is 0.258 e. The van der Waals surface area contributed by atoms with E-state index in [2.05, 4.69) is 91.6 Å². The number of nitrogens with one attached hydrogen (secondary N) is 1. The molecule has 0 saturated heterocycles. The van der Waals surface area contributed by atoms with Gasteiger partial charge in [-0.1, -0.05) is 80.9 Å². The van der Waals surface area contributed by atoms with Gasteiger partial charge in [0.05, 0.1) is 11.6 Å². The standard InChI is InChI=1S/C27H32N4OS/c1-5-8-17-31-18(4)23(24(28-27(31)33)21-13-9-19(6-2)10-14-21)26-29-25(30-32-26)22-15-11-20(7-3)12-16-22/h9-16,24H,5-8,17H2,1-4H3,(H,28,33). The Bertz CT molecular complexity index is 1130. The summed E-state index contributed by atoms with van der Waals surface area (Å²) in [7, 11) is 0. The summed E-state index contributed by atoms with van der Waals surface area (Å²) in [5.74, 6) is 1.13. The largest absolute Gasteiger partial charge is 0.351 e. The summed E-state index contributed by atoms with van der Waals surface area (Å²) in [6.07, 6.45) is 4.16. The van der Waals surface area contributed by atoms with Crippen molar-refractivity contribution in [3.63, 3.8) is 0 Å². The van der Waals surface area contributed by atoms with E-state index >= 15 is 0 Å². The van der Waals surface area contributed by atoms with Crippen LogP contribution in [0.3, 0.4) is 0 Å². The predicted octanol–water partition coefficient (Wildman–Crippen LogP) is 6.32. The third-order valence-corrected chi connectivity index (χ3v) is 6.67. The molecular formula is C27H32N4OS. The zero-order valence-electron chi connectivity index (χ0n) is 19.9. The molecule has 0 spiro atoms. The Hall–Kier alpha value is -2.99. The number of rotatable bonds is 8. The number of nitrogens with zero attached hydrogens (tertiary/aromatic N) is 3. The minimum Gasteiger partial charge on any atom is -0.351 e. The van der Waals surface area contributed by atoms with Crippen molar-refractivity contribution in [2.24, 2.45) is 0 Å². The van der Waals surface area contributed by atoms with Gasteiger partial charge in [-0.15, -0.1) is 0 Å². The van der Waals surface area contributed by atoms with Gasteiger partial charge < -0.3 is 14.7 Å². The van der Waals surface area contributed by atoms with E-state index in [-0.39, 0.29) is 6.04 Å². The summed E-state index contributed by atoms with van der Waals surface area (Å²) in [5.41, 5.74) is 6.71. The molecule has 0 aliphatic carbocycles. The zero-order valence-corrected chi connectivity index (χ0v) is 20.7. The lowest BCUT2D eigenvalue weighted by molar-refractivity contribution is 0.395. The van der Waals surface area contributed by atoms with Crippen molar-refractivity contribution in [2.75, 3.05) is 6.54 Å². The minimum absolute atomic E-state index is 0.142. The van der Waals surface area contributed by atoms with Crippen LogP contribution in [0.15, 0.2) is 58.8 Å². The fourth-order valence-electron chi connectivity index (χ4n) is 4.18. The first-order valence-electron chi connectivity index (χ1n) is 11.9. The van der Waals surface area contributed by atoms with Crippen LogP contribution < -0.4 is 5.32 Å². The van der Waals surface area contributed by atoms with Gasteiger partial charge in [-0.25, -0.2) is 0 Å². The molecule has 6 heteroatoms. The summed E-state index contributed by atoms with van der Waals surface area (Å²) in [5, 5.41) is 8.60. The molecule has 1 unspecified atom stereocenters. The van der Waals surface area contributed by atoms with Crippen molar-refractivity contribution < 1.29 is 4.52 Å². The van der Waals surface area contributed by atoms with Crippen molar-refractivity contribution in [2.45, 2.75) is 59.4 Å². The van der Waals surface area contributed by atoms with Crippen molar-refractivity contribution in [1.29, 1.82) is 0 Å². The van der Waals surface area contributed by atoms with Gasteiger partial charge in [-0.05, 0) is 55.1 Å². The van der Waals surface area contributed by atoms with E-state index in [4.69, 9.17) is 21.7 Å². The number of aryl methyl sites for hydroxylation is 2. The first-order valence-corrected chi connectivity index (χ1v) is 12.3. The highest BCUT2D eigenvalue weighted by molar-refractivity contribution is 7.80. The first-order chi connectivity index (χ1) is 16.0. The topological polar surface area (TPSA) is 54.2 Å². The summed E-state index contributed by atoms with van der Waals surface area (Å²) in [4.78, 5) is 6.97. The van der Waals surface area contributed by atoms with Gasteiger partial charge in [-0.3, -0.25) is 0 Å². The third kappa shape index (κ3) is 4.86. The molecule has 0 saturated carbocycles. The molecule has 5 nitrogen and oxygen atoms in total. The summed E-state index contributed by atoms with van der Waals surface area (Å²) >= 11 is 5.77. The van der Waals surface area contributed by atoms with Gasteiger partial charge in [0.25, 0.3) is 5.89 Å². The number of unbranched alkanes of at least 4 members (excludes halogenated alkanes) is 1. The first kappa shape index (κ1) is 23.2. The quantitative estimate of drug-likeness (QED) is 0.397. The van der Waals surface area contributed by atoms with Crippen LogP contribution in [0.4, 0.5) is 0 Å². The Morgan fingerprint density at radius 2 is 1.61 bits per heavy atom. The van der Waals surface area contributed by atoms with Gasteiger partial charge in [0.2, 0.25) is 5.82 Å². The van der Waals surface area contributed by atoms with E-state index in [1.54, 1.807) is 0 Å². The van der Waals surface area contributed by atoms with Gasteiger partial charge in [0.1, 0.15) is 0 Å². The molecule has 1 aliphatic rings. The molecule has 172 valence electrons. The van der Waals surface area contributed by atoms with E-state index in [0.29, 0.717) is 11.7 Å². The SMILES string of the molecule is CCCCN1C(=S)NC(c2ccc(CC)cc2)C(c2nc(-c3ccc(CC)cc3)no2)=C1C. The Labute approximate surface area is 201 Å². The number of allylic oxidation sites excluding steroid dienone is 1. The van der Waals surface area contributed by atoms with E-state index in [0.717, 1.165) is 59.7 Å². The summed E-state index contributed by atoms with van der Waals surface area (Å²) in [6, 6.07) is 16.9. The number of thiocarbonyl (C=S) groups is 1. The van der Waals surface area contributed by atoms with Crippen molar-refractivity contribution in [3.05, 3.63) is 76.8 Å². The van der Waals surface area contributed by atoms with Gasteiger partial charge >= 0.3 is 0 Å². The molecule has 1 N–H and O–H groups in total. The molecule has 2 heterocycles.